The van der Waals surface area contributed by atoms with Crippen molar-refractivity contribution in [2.45, 2.75) is 25.8 Å². The van der Waals surface area contributed by atoms with Gasteiger partial charge in [0.1, 0.15) is 11.4 Å². The summed E-state index contributed by atoms with van der Waals surface area (Å²) in [5.41, 5.74) is 3.20. The number of para-hydroxylation sites is 1. The Bertz CT molecular complexity index is 541. The molecule has 1 aliphatic rings. The summed E-state index contributed by atoms with van der Waals surface area (Å²) >= 11 is 0. The average Bonchev–Trinajstić information content (AvgIpc) is 2.46. The topological polar surface area (TPSA) is 114 Å². The van der Waals surface area contributed by atoms with E-state index in [1.165, 1.54) is 6.92 Å². The molecule has 0 saturated carbocycles. The zero-order chi connectivity index (χ0) is 15.4. The van der Waals surface area contributed by atoms with E-state index in [0.717, 1.165) is 12.8 Å². The molecule has 2 rings (SSSR count). The van der Waals surface area contributed by atoms with E-state index >= 15 is 0 Å². The molecular formula is C13H19N5O3. The lowest BCUT2D eigenvalue weighted by atomic mass is 10.0. The van der Waals surface area contributed by atoms with Crippen LogP contribution in [0.15, 0.2) is 18.2 Å². The van der Waals surface area contributed by atoms with E-state index in [2.05, 4.69) is 10.7 Å². The molecule has 0 radical (unpaired) electrons. The minimum absolute atomic E-state index is 0.0158. The van der Waals surface area contributed by atoms with E-state index in [9.17, 15) is 14.9 Å². The summed E-state index contributed by atoms with van der Waals surface area (Å²) < 4.78 is 0. The standard InChI is InChI=1S/C13H19N5O3/c1-9(19)15-10-5-7-17(8-6-10)12-4-2-3-11(16-14)13(12)18(20)21/h2-4,10,16H,5-8,14H2,1H3,(H,15,19). The molecule has 1 aromatic rings. The van der Waals surface area contributed by atoms with E-state index in [0.29, 0.717) is 24.5 Å². The fraction of sp³-hybridized carbons (Fsp3) is 0.462. The molecular weight excluding hydrogens is 274 g/mol. The van der Waals surface area contributed by atoms with Gasteiger partial charge in [0.2, 0.25) is 5.91 Å². The number of hydrogen-bond acceptors (Lipinski definition) is 6. The largest absolute Gasteiger partial charge is 0.366 e. The number of nitrogens with one attached hydrogen (secondary N) is 2. The Morgan fingerprint density at radius 2 is 2.10 bits per heavy atom. The fourth-order valence-corrected chi connectivity index (χ4v) is 2.65. The van der Waals surface area contributed by atoms with Crippen LogP contribution in [-0.4, -0.2) is 30.0 Å². The van der Waals surface area contributed by atoms with Gasteiger partial charge in [-0.15, -0.1) is 0 Å². The molecule has 1 saturated heterocycles. The van der Waals surface area contributed by atoms with Gasteiger partial charge in [-0.3, -0.25) is 20.8 Å². The third-order valence-electron chi connectivity index (χ3n) is 3.60. The number of rotatable bonds is 4. The number of carbonyl (C=O) groups is 1. The summed E-state index contributed by atoms with van der Waals surface area (Å²) in [6.07, 6.45) is 1.52. The van der Waals surface area contributed by atoms with Crippen molar-refractivity contribution in [3.8, 4) is 0 Å². The predicted octanol–water partition coefficient (Wildman–Crippen LogP) is 0.985. The molecule has 8 nitrogen and oxygen atoms in total. The highest BCUT2D eigenvalue weighted by atomic mass is 16.6. The Kier molecular flexibility index (Phi) is 4.59. The van der Waals surface area contributed by atoms with Crippen LogP contribution >= 0.6 is 0 Å². The van der Waals surface area contributed by atoms with E-state index in [1.807, 2.05) is 4.90 Å². The van der Waals surface area contributed by atoms with Crippen LogP contribution in [0, 0.1) is 10.1 Å². The zero-order valence-electron chi connectivity index (χ0n) is 11.8. The van der Waals surface area contributed by atoms with Gasteiger partial charge in [0, 0.05) is 26.1 Å². The number of hydrogen-bond donors (Lipinski definition) is 3. The minimum Gasteiger partial charge on any atom is -0.366 e. The number of carbonyl (C=O) groups excluding carboxylic acids is 1. The first-order valence-electron chi connectivity index (χ1n) is 6.79. The second-order valence-electron chi connectivity index (χ2n) is 5.04. The number of hydrazine groups is 1. The monoisotopic (exact) mass is 293 g/mol. The van der Waals surface area contributed by atoms with Crippen molar-refractivity contribution in [3.05, 3.63) is 28.3 Å². The lowest BCUT2D eigenvalue weighted by molar-refractivity contribution is -0.383. The summed E-state index contributed by atoms with van der Waals surface area (Å²) in [7, 11) is 0. The van der Waals surface area contributed by atoms with Gasteiger partial charge >= 0.3 is 5.69 Å². The second kappa shape index (κ2) is 6.40. The van der Waals surface area contributed by atoms with E-state index in [4.69, 9.17) is 5.84 Å². The third-order valence-corrected chi connectivity index (χ3v) is 3.60. The molecule has 1 amide bonds. The molecule has 1 fully saturated rings. The van der Waals surface area contributed by atoms with E-state index in [1.54, 1.807) is 18.2 Å². The SMILES string of the molecule is CC(=O)NC1CCN(c2cccc(NN)c2[N+](=O)[O-])CC1. The Morgan fingerprint density at radius 1 is 1.43 bits per heavy atom. The van der Waals surface area contributed by atoms with Crippen LogP contribution in [0.3, 0.4) is 0 Å². The highest BCUT2D eigenvalue weighted by Gasteiger charge is 2.27. The number of anilines is 2. The van der Waals surface area contributed by atoms with Crippen molar-refractivity contribution in [1.82, 2.24) is 5.32 Å². The van der Waals surface area contributed by atoms with Gasteiger partial charge in [-0.25, -0.2) is 0 Å². The Balaban J connectivity index is 2.17. The molecule has 0 atom stereocenters. The molecule has 21 heavy (non-hydrogen) atoms. The van der Waals surface area contributed by atoms with E-state index < -0.39 is 4.92 Å². The maximum Gasteiger partial charge on any atom is 0.316 e. The van der Waals surface area contributed by atoms with Gasteiger partial charge in [0.25, 0.3) is 0 Å². The van der Waals surface area contributed by atoms with Gasteiger partial charge in [0.05, 0.1) is 4.92 Å². The number of nitro groups is 1. The zero-order valence-corrected chi connectivity index (χ0v) is 11.8. The van der Waals surface area contributed by atoms with Crippen molar-refractivity contribution < 1.29 is 9.72 Å². The third kappa shape index (κ3) is 3.40. The summed E-state index contributed by atoms with van der Waals surface area (Å²) in [6, 6.07) is 5.16. The molecule has 0 aliphatic carbocycles. The highest BCUT2D eigenvalue weighted by molar-refractivity contribution is 5.77. The van der Waals surface area contributed by atoms with Crippen molar-refractivity contribution in [2.75, 3.05) is 23.4 Å². The summed E-state index contributed by atoms with van der Waals surface area (Å²) in [6.45, 7) is 2.80. The first kappa shape index (κ1) is 15.0. The quantitative estimate of drug-likeness (QED) is 0.433. The Labute approximate surface area is 122 Å². The van der Waals surface area contributed by atoms with Gasteiger partial charge in [-0.1, -0.05) is 6.07 Å². The van der Waals surface area contributed by atoms with Crippen LogP contribution in [0.2, 0.25) is 0 Å². The predicted molar refractivity (Wildman–Crippen MR) is 80.0 cm³/mol. The van der Waals surface area contributed by atoms with Crippen molar-refractivity contribution >= 4 is 23.0 Å². The van der Waals surface area contributed by atoms with Crippen LogP contribution in [0.4, 0.5) is 17.1 Å². The Hall–Kier alpha value is -2.35. The van der Waals surface area contributed by atoms with E-state index in [-0.39, 0.29) is 17.6 Å². The fourth-order valence-electron chi connectivity index (χ4n) is 2.65. The normalized spacial score (nSPS) is 15.6. The van der Waals surface area contributed by atoms with Crippen LogP contribution in [0.5, 0.6) is 0 Å². The summed E-state index contributed by atoms with van der Waals surface area (Å²) in [5.74, 6) is 5.30. The van der Waals surface area contributed by atoms with Crippen molar-refractivity contribution in [2.24, 2.45) is 5.84 Å². The van der Waals surface area contributed by atoms with Gasteiger partial charge in [0.15, 0.2) is 0 Å². The number of nitro benzene ring substituents is 1. The number of benzene rings is 1. The lowest BCUT2D eigenvalue weighted by Gasteiger charge is -2.33. The van der Waals surface area contributed by atoms with Crippen LogP contribution in [0.25, 0.3) is 0 Å². The first-order chi connectivity index (χ1) is 10.0. The summed E-state index contributed by atoms with van der Waals surface area (Å²) in [5, 5.41) is 14.2. The highest BCUT2D eigenvalue weighted by Crippen LogP contribution is 2.36. The van der Waals surface area contributed by atoms with Crippen LogP contribution in [0.1, 0.15) is 19.8 Å². The molecule has 1 aliphatic heterocycles. The minimum atomic E-state index is -0.426. The van der Waals surface area contributed by atoms with Crippen LogP contribution < -0.4 is 21.5 Å². The number of nitrogens with zero attached hydrogens (tertiary/aromatic N) is 2. The molecule has 114 valence electrons. The maximum absolute atomic E-state index is 11.3. The van der Waals surface area contributed by atoms with Crippen molar-refractivity contribution in [3.63, 3.8) is 0 Å². The lowest BCUT2D eigenvalue weighted by Crippen LogP contribution is -2.44. The summed E-state index contributed by atoms with van der Waals surface area (Å²) in [4.78, 5) is 23.9. The van der Waals surface area contributed by atoms with Gasteiger partial charge in [-0.2, -0.15) is 0 Å². The smallest absolute Gasteiger partial charge is 0.316 e. The second-order valence-corrected chi connectivity index (χ2v) is 5.04. The number of piperidine rings is 1. The molecule has 8 heteroatoms. The molecule has 1 aromatic carbocycles. The average molecular weight is 293 g/mol. The molecule has 1 heterocycles. The molecule has 0 spiro atoms. The van der Waals surface area contributed by atoms with Crippen molar-refractivity contribution in [1.29, 1.82) is 0 Å². The number of amides is 1. The number of nitrogen functional groups attached to an aromatic ring is 1. The first-order valence-corrected chi connectivity index (χ1v) is 6.79. The maximum atomic E-state index is 11.3. The molecule has 0 unspecified atom stereocenters. The molecule has 4 N–H and O–H groups in total. The van der Waals surface area contributed by atoms with Gasteiger partial charge < -0.3 is 15.6 Å². The Morgan fingerprint density at radius 3 is 2.62 bits per heavy atom. The molecule has 0 bridgehead atoms. The van der Waals surface area contributed by atoms with Crippen LogP contribution in [-0.2, 0) is 4.79 Å². The number of nitrogens with two attached hydrogens (primary N) is 1. The van der Waals surface area contributed by atoms with Gasteiger partial charge in [-0.05, 0) is 25.0 Å². The molecule has 0 aromatic heterocycles.